The predicted molar refractivity (Wildman–Crippen MR) is 80.7 cm³/mol. The fraction of sp³-hybridized carbons (Fsp3) is 0.562. The number of rotatable bonds is 7. The number of ether oxygens (including phenoxy) is 2. The Hall–Kier alpha value is -1.43. The number of benzene rings is 1. The maximum Gasteiger partial charge on any atom is 0.326 e. The number of hydrogen-bond donors (Lipinski definition) is 1. The van der Waals surface area contributed by atoms with Crippen LogP contribution in [0.4, 0.5) is 0 Å². The summed E-state index contributed by atoms with van der Waals surface area (Å²) in [4.78, 5) is 14.4. The van der Waals surface area contributed by atoms with E-state index < -0.39 is 0 Å². The number of nitrogens with zero attached hydrogens (tertiary/aromatic N) is 1. The van der Waals surface area contributed by atoms with Crippen molar-refractivity contribution in [3.8, 4) is 0 Å². The molecule has 1 aromatic rings. The molecule has 116 valence electrons. The van der Waals surface area contributed by atoms with Crippen molar-refractivity contribution in [1.82, 2.24) is 4.90 Å². The SMILES string of the molecule is NCCCCN1CCOCC1C(=O)OCc1ccccc1. The minimum Gasteiger partial charge on any atom is -0.460 e. The lowest BCUT2D eigenvalue weighted by Gasteiger charge is -2.33. The highest BCUT2D eigenvalue weighted by atomic mass is 16.5. The molecule has 0 radical (unpaired) electrons. The van der Waals surface area contributed by atoms with Crippen molar-refractivity contribution < 1.29 is 14.3 Å². The van der Waals surface area contributed by atoms with Gasteiger partial charge in [-0.15, -0.1) is 0 Å². The van der Waals surface area contributed by atoms with E-state index in [0.717, 1.165) is 31.5 Å². The molecule has 2 rings (SSSR count). The fourth-order valence-corrected chi connectivity index (χ4v) is 2.41. The van der Waals surface area contributed by atoms with Gasteiger partial charge in [0.25, 0.3) is 0 Å². The molecule has 5 nitrogen and oxygen atoms in total. The third-order valence-corrected chi connectivity index (χ3v) is 3.63. The van der Waals surface area contributed by atoms with Gasteiger partial charge in [0.2, 0.25) is 0 Å². The Labute approximate surface area is 126 Å². The van der Waals surface area contributed by atoms with Crippen LogP contribution in [-0.2, 0) is 20.9 Å². The van der Waals surface area contributed by atoms with E-state index in [2.05, 4.69) is 4.90 Å². The number of morpholine rings is 1. The van der Waals surface area contributed by atoms with Gasteiger partial charge >= 0.3 is 5.97 Å². The molecule has 1 aliphatic rings. The number of unbranched alkanes of at least 4 members (excludes halogenated alkanes) is 1. The molecule has 1 heterocycles. The zero-order valence-corrected chi connectivity index (χ0v) is 12.4. The largest absolute Gasteiger partial charge is 0.460 e. The molecule has 0 aliphatic carbocycles. The first-order valence-corrected chi connectivity index (χ1v) is 7.53. The molecule has 0 aromatic heterocycles. The summed E-state index contributed by atoms with van der Waals surface area (Å²) in [6.07, 6.45) is 1.97. The number of hydrogen-bond acceptors (Lipinski definition) is 5. The van der Waals surface area contributed by atoms with Gasteiger partial charge in [-0.3, -0.25) is 9.69 Å². The predicted octanol–water partition coefficient (Wildman–Crippen LogP) is 1.17. The topological polar surface area (TPSA) is 64.8 Å². The highest BCUT2D eigenvalue weighted by Crippen LogP contribution is 2.11. The number of carbonyl (C=O) groups is 1. The van der Waals surface area contributed by atoms with Gasteiger partial charge in [-0.05, 0) is 31.5 Å². The van der Waals surface area contributed by atoms with Crippen molar-refractivity contribution >= 4 is 5.97 Å². The average molecular weight is 292 g/mol. The zero-order valence-electron chi connectivity index (χ0n) is 12.4. The minimum atomic E-state index is -0.291. The van der Waals surface area contributed by atoms with Crippen LogP contribution in [0.25, 0.3) is 0 Å². The first-order chi connectivity index (χ1) is 10.3. The van der Waals surface area contributed by atoms with Crippen LogP contribution in [0.5, 0.6) is 0 Å². The van der Waals surface area contributed by atoms with Crippen LogP contribution in [0.2, 0.25) is 0 Å². The van der Waals surface area contributed by atoms with Crippen molar-refractivity contribution in [3.05, 3.63) is 35.9 Å². The molecule has 0 amide bonds. The molecule has 1 fully saturated rings. The summed E-state index contributed by atoms with van der Waals surface area (Å²) in [6, 6.07) is 9.42. The van der Waals surface area contributed by atoms with E-state index in [1.807, 2.05) is 30.3 Å². The highest BCUT2D eigenvalue weighted by Gasteiger charge is 2.30. The van der Waals surface area contributed by atoms with E-state index in [-0.39, 0.29) is 12.0 Å². The highest BCUT2D eigenvalue weighted by molar-refractivity contribution is 5.76. The van der Waals surface area contributed by atoms with E-state index in [4.69, 9.17) is 15.2 Å². The van der Waals surface area contributed by atoms with Gasteiger partial charge in [-0.25, -0.2) is 0 Å². The Balaban J connectivity index is 1.83. The Morgan fingerprint density at radius 1 is 1.33 bits per heavy atom. The van der Waals surface area contributed by atoms with Crippen LogP contribution >= 0.6 is 0 Å². The quantitative estimate of drug-likeness (QED) is 0.604. The first kappa shape index (κ1) is 15.9. The fourth-order valence-electron chi connectivity index (χ4n) is 2.41. The average Bonchev–Trinajstić information content (AvgIpc) is 2.54. The van der Waals surface area contributed by atoms with E-state index in [1.165, 1.54) is 0 Å². The molecule has 0 bridgehead atoms. The zero-order chi connectivity index (χ0) is 14.9. The van der Waals surface area contributed by atoms with Crippen LogP contribution in [0.15, 0.2) is 30.3 Å². The Morgan fingerprint density at radius 3 is 2.90 bits per heavy atom. The summed E-state index contributed by atoms with van der Waals surface area (Å²) < 4.78 is 10.8. The van der Waals surface area contributed by atoms with Crippen molar-refractivity contribution in [3.63, 3.8) is 0 Å². The second-order valence-corrected chi connectivity index (χ2v) is 5.22. The molecular weight excluding hydrogens is 268 g/mol. The molecule has 1 saturated heterocycles. The first-order valence-electron chi connectivity index (χ1n) is 7.53. The van der Waals surface area contributed by atoms with Gasteiger partial charge in [0.15, 0.2) is 0 Å². The van der Waals surface area contributed by atoms with Crippen molar-refractivity contribution in [2.24, 2.45) is 5.73 Å². The summed E-state index contributed by atoms with van der Waals surface area (Å²) in [5.41, 5.74) is 6.51. The lowest BCUT2D eigenvalue weighted by Crippen LogP contribution is -2.50. The van der Waals surface area contributed by atoms with Gasteiger partial charge in [-0.1, -0.05) is 30.3 Å². The molecular formula is C16H24N2O3. The van der Waals surface area contributed by atoms with E-state index >= 15 is 0 Å². The molecule has 2 N–H and O–H groups in total. The van der Waals surface area contributed by atoms with Crippen LogP contribution in [0.1, 0.15) is 18.4 Å². The number of carbonyl (C=O) groups excluding carboxylic acids is 1. The number of esters is 1. The lowest BCUT2D eigenvalue weighted by molar-refractivity contribution is -0.157. The van der Waals surface area contributed by atoms with Crippen molar-refractivity contribution in [2.75, 3.05) is 32.8 Å². The smallest absolute Gasteiger partial charge is 0.326 e. The molecule has 5 heteroatoms. The van der Waals surface area contributed by atoms with Gasteiger partial charge in [0.1, 0.15) is 12.6 Å². The maximum atomic E-state index is 12.2. The summed E-state index contributed by atoms with van der Waals surface area (Å²) in [7, 11) is 0. The normalized spacial score (nSPS) is 19.4. The van der Waals surface area contributed by atoms with Crippen LogP contribution in [0.3, 0.4) is 0 Å². The van der Waals surface area contributed by atoms with Crippen molar-refractivity contribution in [1.29, 1.82) is 0 Å². The summed E-state index contributed by atoms with van der Waals surface area (Å²) >= 11 is 0. The maximum absolute atomic E-state index is 12.2. The third-order valence-electron chi connectivity index (χ3n) is 3.63. The van der Waals surface area contributed by atoms with Crippen molar-refractivity contribution in [2.45, 2.75) is 25.5 Å². The lowest BCUT2D eigenvalue weighted by atomic mass is 10.2. The minimum absolute atomic E-state index is 0.202. The van der Waals surface area contributed by atoms with E-state index in [0.29, 0.717) is 26.4 Å². The summed E-state index contributed by atoms with van der Waals surface area (Å²) in [5, 5.41) is 0. The van der Waals surface area contributed by atoms with Crippen LogP contribution < -0.4 is 5.73 Å². The van der Waals surface area contributed by atoms with Gasteiger partial charge in [-0.2, -0.15) is 0 Å². The van der Waals surface area contributed by atoms with Gasteiger partial charge in [0.05, 0.1) is 13.2 Å². The monoisotopic (exact) mass is 292 g/mol. The molecule has 1 aromatic carbocycles. The van der Waals surface area contributed by atoms with Gasteiger partial charge in [0, 0.05) is 6.54 Å². The molecule has 1 aliphatic heterocycles. The molecule has 1 unspecified atom stereocenters. The number of nitrogens with two attached hydrogens (primary N) is 1. The Bertz CT molecular complexity index is 425. The second-order valence-electron chi connectivity index (χ2n) is 5.22. The van der Waals surface area contributed by atoms with E-state index in [1.54, 1.807) is 0 Å². The summed E-state index contributed by atoms with van der Waals surface area (Å²) in [6.45, 7) is 3.73. The third kappa shape index (κ3) is 5.12. The van der Waals surface area contributed by atoms with Crippen LogP contribution in [-0.4, -0.2) is 49.8 Å². The molecule has 1 atom stereocenters. The van der Waals surface area contributed by atoms with E-state index in [9.17, 15) is 4.79 Å². The molecule has 0 saturated carbocycles. The molecule has 0 spiro atoms. The Morgan fingerprint density at radius 2 is 2.14 bits per heavy atom. The van der Waals surface area contributed by atoms with Crippen LogP contribution in [0, 0.1) is 0 Å². The summed E-state index contributed by atoms with van der Waals surface area (Å²) in [5.74, 6) is -0.202. The second kappa shape index (κ2) is 8.77. The standard InChI is InChI=1S/C16H24N2O3/c17-8-4-5-9-18-10-11-20-13-15(18)16(19)21-12-14-6-2-1-3-7-14/h1-3,6-7,15H,4-5,8-13,17H2. The molecule has 21 heavy (non-hydrogen) atoms. The van der Waals surface area contributed by atoms with Gasteiger partial charge < -0.3 is 15.2 Å². The Kier molecular flexibility index (Phi) is 6.66.